The van der Waals surface area contributed by atoms with Crippen LogP contribution < -0.4 is 0 Å². The van der Waals surface area contributed by atoms with Crippen LogP contribution in [0.15, 0.2) is 0 Å². The molecule has 23 heterocycles. The van der Waals surface area contributed by atoms with E-state index in [-0.39, 0.29) is 0 Å². The Balaban J connectivity index is 0.962. The minimum Gasteiger partial charge on any atom is -0.394 e. The van der Waals surface area contributed by atoms with Gasteiger partial charge in [-0.3, -0.25) is 0 Å². The van der Waals surface area contributed by atoms with Gasteiger partial charge in [0.15, 0.2) is 56.6 Å². The van der Waals surface area contributed by atoms with Gasteiger partial charge in [0.25, 0.3) is 0 Å². The van der Waals surface area contributed by atoms with Crippen molar-refractivity contribution in [1.29, 1.82) is 0 Å². The highest BCUT2D eigenvalue weighted by atomic mass is 16.8. The van der Waals surface area contributed by atoms with E-state index in [9.17, 15) is 128 Å². The van der Waals surface area contributed by atoms with Crippen LogP contribution in [0.3, 0.4) is 0 Å². The van der Waals surface area contributed by atoms with E-state index in [0.717, 1.165) is 0 Å². The third-order valence-electron chi connectivity index (χ3n) is 18.9. The molecule has 564 valence electrons. The van der Waals surface area contributed by atoms with Crippen molar-refractivity contribution in [2.24, 2.45) is 0 Å². The van der Waals surface area contributed by atoms with Gasteiger partial charge in [0.05, 0.1) is 58.5 Å². The molecule has 23 aliphatic rings. The minimum absolute atomic E-state index is 0.933. The lowest BCUT2D eigenvalue weighted by atomic mass is 9.95. The van der Waals surface area contributed by atoms with Gasteiger partial charge in [-0.2, -0.15) is 0 Å². The molecule has 0 spiro atoms. The third kappa shape index (κ3) is 15.7. The Morgan fingerprint density at radius 3 is 0.557 bits per heavy atom. The summed E-state index contributed by atoms with van der Waals surface area (Å²) >= 11 is 0. The summed E-state index contributed by atoms with van der Waals surface area (Å²) < 4.78 is 104. The zero-order valence-electron chi connectivity index (χ0n) is 51.5. The average Bonchev–Trinajstić information content (AvgIpc) is 0.784. The first-order valence-electron chi connectivity index (χ1n) is 31.3. The molecule has 0 unspecified atom stereocenters. The summed E-state index contributed by atoms with van der Waals surface area (Å²) in [5.74, 6) is 0. The molecule has 0 aromatic heterocycles. The Hall–Kier alpha value is -1.72. The van der Waals surface area contributed by atoms with E-state index in [1.165, 1.54) is 13.8 Å². The molecule has 23 fully saturated rings. The van der Waals surface area contributed by atoms with Crippen molar-refractivity contribution in [3.05, 3.63) is 0 Å². The Kier molecular flexibility index (Phi) is 26.3. The second-order valence-electron chi connectivity index (χ2n) is 25.3. The molecule has 0 aliphatic carbocycles. The molecule has 14 bridgehead atoms. The molecule has 0 amide bonds. The summed E-state index contributed by atoms with van der Waals surface area (Å²) in [5, 5.41) is 280. The molecule has 43 heteroatoms. The van der Waals surface area contributed by atoms with Gasteiger partial charge in [-0.25, -0.2) is 0 Å². The fraction of sp³-hybridized carbons (Fsp3) is 1.00. The van der Waals surface area contributed by atoms with Crippen molar-refractivity contribution < 1.29 is 213 Å². The van der Waals surface area contributed by atoms with Gasteiger partial charge in [0.1, 0.15) is 208 Å². The van der Waals surface area contributed by atoms with E-state index in [1.807, 2.05) is 0 Å². The first kappa shape index (κ1) is 77.9. The Morgan fingerprint density at radius 2 is 0.371 bits per heavy atom. The summed E-state index contributed by atoms with van der Waals surface area (Å²) in [6.07, 6.45) is -91.6. The molecule has 43 nitrogen and oxygen atoms in total. The minimum atomic E-state index is -2.35. The highest BCUT2D eigenvalue weighted by Crippen LogP contribution is 2.40. The molecular weight excluding hydrogens is 1340 g/mol. The van der Waals surface area contributed by atoms with Crippen molar-refractivity contribution in [2.75, 3.05) is 46.2 Å². The fourth-order valence-corrected chi connectivity index (χ4v) is 13.1. The zero-order valence-corrected chi connectivity index (χ0v) is 51.5. The first-order valence-corrected chi connectivity index (χ1v) is 31.3. The average molecular weight is 1430 g/mol. The molecule has 97 heavy (non-hydrogen) atoms. The van der Waals surface area contributed by atoms with Crippen LogP contribution in [-0.4, -0.2) is 450 Å². The Bertz CT molecular complexity index is 2390. The third-order valence-corrected chi connectivity index (χ3v) is 18.9. The number of aliphatic hydroxyl groups is 25. The normalized spacial score (nSPS) is 56.0. The van der Waals surface area contributed by atoms with Gasteiger partial charge < -0.3 is 213 Å². The van der Waals surface area contributed by atoms with Gasteiger partial charge in [-0.1, -0.05) is 0 Å². The lowest BCUT2D eigenvalue weighted by molar-refractivity contribution is -0.399. The molecular formula is C54H90O43. The standard InChI is InChI=1S/C54H90O43/c1-10-19(60)21(62)30(71)46(82-10)80-8-17-44-29(70)38(79)54(90-17)95-43-16(7-59)86-50(34(75)25(43)66)93-41-14(5-57)88-52(36(77)27(41)68)97-45-18(9-81-47-31(72)22(63)20(61)11(2)83-47)89-53(37(78)28(45)69)94-42-15(6-58)85-49(33(74)24(42)65)91-39-12(3-55)84-48(32(73)23(39)64)92-40-13(4-56)87-51(96-44)35(76)26(40)67/h10-79H,3-9H2,1-2H3/t10-,11-,12+,13+,14+,15+,16+,17+,18+,19+,20+,21+,22+,23+,24+,25+,26+,27+,28+,29+,30-,31-,32+,33+,34+,35+,36+,37+,38+,39+,40+,41+,42+,43+,44+,45+,46-,47-,48+,49+,50+,51+,52+,53+,54+/m0/s1. The zero-order chi connectivity index (χ0) is 70.7. The largest absolute Gasteiger partial charge is 0.394 e. The van der Waals surface area contributed by atoms with Crippen molar-refractivity contribution in [3.8, 4) is 0 Å². The van der Waals surface area contributed by atoms with E-state index < -0.39 is 323 Å². The van der Waals surface area contributed by atoms with Crippen LogP contribution in [0.25, 0.3) is 0 Å². The predicted octanol–water partition coefficient (Wildman–Crippen LogP) is -17.5. The first-order chi connectivity index (χ1) is 46.0. The lowest BCUT2D eigenvalue weighted by Crippen LogP contribution is -2.68. The van der Waals surface area contributed by atoms with Gasteiger partial charge in [-0.15, -0.1) is 0 Å². The molecule has 0 aromatic carbocycles. The molecule has 0 saturated carbocycles. The monoisotopic (exact) mass is 1430 g/mol. The smallest absolute Gasteiger partial charge is 0.187 e. The number of hydrogen-bond acceptors (Lipinski definition) is 43. The van der Waals surface area contributed by atoms with Gasteiger partial charge in [0.2, 0.25) is 0 Å². The maximum atomic E-state index is 11.9. The van der Waals surface area contributed by atoms with E-state index in [1.54, 1.807) is 0 Å². The van der Waals surface area contributed by atoms with Crippen molar-refractivity contribution in [2.45, 2.75) is 290 Å². The molecule has 23 rings (SSSR count). The van der Waals surface area contributed by atoms with Crippen LogP contribution >= 0.6 is 0 Å². The van der Waals surface area contributed by atoms with Crippen LogP contribution in [0.2, 0.25) is 0 Å². The molecule has 25 N–H and O–H groups in total. The molecule has 23 saturated heterocycles. The maximum absolute atomic E-state index is 11.9. The summed E-state index contributed by atoms with van der Waals surface area (Å²) in [6.45, 7) is -4.93. The maximum Gasteiger partial charge on any atom is 0.187 e. The molecule has 45 atom stereocenters. The lowest BCUT2D eigenvalue weighted by Gasteiger charge is -2.50. The Labute approximate surface area is 548 Å². The van der Waals surface area contributed by atoms with Crippen molar-refractivity contribution >= 4 is 0 Å². The van der Waals surface area contributed by atoms with E-state index in [4.69, 9.17) is 85.3 Å². The molecule has 0 radical (unpaired) electrons. The second-order valence-corrected chi connectivity index (χ2v) is 25.3. The van der Waals surface area contributed by atoms with Gasteiger partial charge >= 0.3 is 0 Å². The van der Waals surface area contributed by atoms with E-state index in [0.29, 0.717) is 0 Å². The van der Waals surface area contributed by atoms with Crippen LogP contribution in [0.4, 0.5) is 0 Å². The van der Waals surface area contributed by atoms with Crippen LogP contribution in [-0.2, 0) is 85.3 Å². The van der Waals surface area contributed by atoms with E-state index >= 15 is 0 Å². The summed E-state index contributed by atoms with van der Waals surface area (Å²) in [5.41, 5.74) is 0. The summed E-state index contributed by atoms with van der Waals surface area (Å²) in [6, 6.07) is 0. The summed E-state index contributed by atoms with van der Waals surface area (Å²) in [4.78, 5) is 0. The van der Waals surface area contributed by atoms with Crippen LogP contribution in [0, 0.1) is 0 Å². The Morgan fingerprint density at radius 1 is 0.196 bits per heavy atom. The van der Waals surface area contributed by atoms with Crippen LogP contribution in [0.1, 0.15) is 13.8 Å². The van der Waals surface area contributed by atoms with Crippen molar-refractivity contribution in [3.63, 3.8) is 0 Å². The van der Waals surface area contributed by atoms with Gasteiger partial charge in [-0.05, 0) is 13.8 Å². The number of ether oxygens (including phenoxy) is 18. The van der Waals surface area contributed by atoms with Crippen LogP contribution in [0.5, 0.6) is 0 Å². The van der Waals surface area contributed by atoms with Gasteiger partial charge in [0, 0.05) is 0 Å². The number of rotatable bonds is 11. The van der Waals surface area contributed by atoms with E-state index in [2.05, 4.69) is 0 Å². The predicted molar refractivity (Wildman–Crippen MR) is 291 cm³/mol. The molecule has 0 aromatic rings. The SMILES string of the molecule is C[C@@H]1O[C@H](OC[C@H]2O[C@@H]3O[C@H]4[C@H](O)[C@@H](O)[C@@H](O[C@H]5[C@H](O)[C@@H](O)[C@@H](O[C@H]6[C@H](O)[C@@H](O)[C@@H](O[C@H]7[C@H](O)[C@@H](O)[C@@H](O[C@H]8[C@H](O)[C@@H](O)[C@@H](O[C@H]9[C@H](O)[C@@H](O)[C@@H](O[C@H]2[C@H](O)[C@H]3O)O[C@@H]9CO)O[C@@H]8CO)O[C@@H]7CO)O[C@@H]6CO[C@H]2O[C@@H](C)[C@@H](O)[C@@H](O)[C@@H]2O)O[C@@H]5CO)O[C@@H]4CO)[C@@H](O)[C@H](O)[C@@H]1O. The quantitative estimate of drug-likeness (QED) is 0.0913. The highest BCUT2D eigenvalue weighted by molar-refractivity contribution is 5.03. The topological polar surface area (TPSA) is 672 Å². The fourth-order valence-electron chi connectivity index (χ4n) is 13.1. The van der Waals surface area contributed by atoms with Crippen molar-refractivity contribution in [1.82, 2.24) is 0 Å². The number of aliphatic hydroxyl groups excluding tert-OH is 25. The molecule has 23 aliphatic heterocycles. The summed E-state index contributed by atoms with van der Waals surface area (Å²) in [7, 11) is 0. The highest BCUT2D eigenvalue weighted by Gasteiger charge is 2.61. The second kappa shape index (κ2) is 32.7. The number of hydrogen-bond donors (Lipinski definition) is 25.